The maximum absolute atomic E-state index is 15.0. The van der Waals surface area contributed by atoms with Crippen molar-refractivity contribution in [2.24, 2.45) is 10.7 Å². The number of nitrogens with two attached hydrogens (primary N) is 1. The lowest BCUT2D eigenvalue weighted by atomic mass is 9.85. The Morgan fingerprint density at radius 3 is 2.59 bits per heavy atom. The number of sulfonamides is 1. The molecule has 2 heterocycles. The van der Waals surface area contributed by atoms with Gasteiger partial charge in [-0.15, -0.1) is 0 Å². The van der Waals surface area contributed by atoms with E-state index in [2.05, 4.69) is 9.98 Å². The number of methoxy groups -OCH3 is 1. The maximum atomic E-state index is 15.0. The fourth-order valence-electron chi connectivity index (χ4n) is 4.48. The van der Waals surface area contributed by atoms with Crippen molar-refractivity contribution in [3.63, 3.8) is 0 Å². The summed E-state index contributed by atoms with van der Waals surface area (Å²) >= 11 is 0. The van der Waals surface area contributed by atoms with Gasteiger partial charge in [0.2, 0.25) is 16.0 Å². The molecule has 1 fully saturated rings. The van der Waals surface area contributed by atoms with E-state index in [4.69, 9.17) is 10.5 Å². The van der Waals surface area contributed by atoms with Crippen LogP contribution in [0, 0.1) is 12.7 Å². The quantitative estimate of drug-likeness (QED) is 0.685. The summed E-state index contributed by atoms with van der Waals surface area (Å²) in [4.78, 5) is 21.5. The van der Waals surface area contributed by atoms with Gasteiger partial charge in [0.05, 0.1) is 13.3 Å². The third-order valence-electron chi connectivity index (χ3n) is 6.58. The second kappa shape index (κ2) is 7.26. The summed E-state index contributed by atoms with van der Waals surface area (Å²) in [5.74, 6) is -0.480. The number of carbonyl (C=O) groups excluding carboxylic acids is 1. The lowest BCUT2D eigenvalue weighted by molar-refractivity contribution is 0.0987. The molecule has 0 radical (unpaired) electrons. The number of carbonyl (C=O) groups is 1. The number of aromatic nitrogens is 1. The number of benzene rings is 1. The van der Waals surface area contributed by atoms with Crippen LogP contribution in [0.25, 0.3) is 0 Å². The van der Waals surface area contributed by atoms with Crippen molar-refractivity contribution >= 4 is 21.8 Å². The molecule has 1 aliphatic carbocycles. The number of pyridine rings is 1. The molecule has 1 aromatic heterocycles. The molecule has 2 N–H and O–H groups in total. The molecular weight excluding hydrogens is 435 g/mol. The van der Waals surface area contributed by atoms with Crippen LogP contribution in [-0.4, -0.2) is 48.4 Å². The van der Waals surface area contributed by atoms with Crippen LogP contribution in [-0.2, 0) is 22.0 Å². The molecule has 8 nitrogen and oxygen atoms in total. The zero-order valence-corrected chi connectivity index (χ0v) is 19.2. The van der Waals surface area contributed by atoms with Crippen molar-refractivity contribution in [3.8, 4) is 5.75 Å². The summed E-state index contributed by atoms with van der Waals surface area (Å²) in [7, 11) is -0.951. The number of aliphatic imine (C=N–C) groups is 1. The van der Waals surface area contributed by atoms with E-state index in [1.54, 1.807) is 19.9 Å². The van der Waals surface area contributed by atoms with Gasteiger partial charge in [-0.1, -0.05) is 6.07 Å². The predicted molar refractivity (Wildman–Crippen MR) is 118 cm³/mol. The summed E-state index contributed by atoms with van der Waals surface area (Å²) in [6, 6.07) is 5.98. The Morgan fingerprint density at radius 1 is 1.31 bits per heavy atom. The summed E-state index contributed by atoms with van der Waals surface area (Å²) in [5.41, 5.74) is 6.11. The van der Waals surface area contributed by atoms with Crippen LogP contribution in [0.4, 0.5) is 4.39 Å². The Hall–Kier alpha value is -3.01. The number of hydrogen-bond acceptors (Lipinski definition) is 7. The van der Waals surface area contributed by atoms with Crippen LogP contribution in [0.15, 0.2) is 35.5 Å². The van der Waals surface area contributed by atoms with Gasteiger partial charge in [0, 0.05) is 19.0 Å². The Kier molecular flexibility index (Phi) is 5.04. The number of hydrogen-bond donors (Lipinski definition) is 1. The Bertz CT molecular complexity index is 1260. The summed E-state index contributed by atoms with van der Waals surface area (Å²) in [6.45, 7) is 3.36. The van der Waals surface area contributed by atoms with Gasteiger partial charge >= 0.3 is 0 Å². The highest BCUT2D eigenvalue weighted by Crippen LogP contribution is 2.60. The number of ether oxygens (including phenoxy) is 1. The number of ketones is 1. The van der Waals surface area contributed by atoms with E-state index in [-0.39, 0.29) is 23.7 Å². The molecule has 1 saturated carbocycles. The van der Waals surface area contributed by atoms with Gasteiger partial charge in [-0.25, -0.2) is 27.1 Å². The fraction of sp³-hybridized carbons (Fsp3) is 0.409. The molecule has 4 rings (SSSR count). The first-order valence-corrected chi connectivity index (χ1v) is 11.6. The predicted octanol–water partition coefficient (Wildman–Crippen LogP) is 2.30. The number of rotatable bonds is 5. The average Bonchev–Trinajstić information content (AvgIpc) is 3.56. The molecule has 1 aliphatic heterocycles. The van der Waals surface area contributed by atoms with E-state index in [1.165, 1.54) is 38.6 Å². The molecule has 1 atom stereocenters. The highest BCUT2D eigenvalue weighted by molar-refractivity contribution is 7.91. The number of Topliss-reactive ketones (excluding diaryl/α,β-unsaturated/α-hetero) is 1. The normalized spacial score (nSPS) is 23.0. The number of halogens is 1. The first-order chi connectivity index (χ1) is 15.0. The second-order valence-corrected chi connectivity index (χ2v) is 10.7. The van der Waals surface area contributed by atoms with Gasteiger partial charge < -0.3 is 10.5 Å². The van der Waals surface area contributed by atoms with E-state index in [0.29, 0.717) is 35.4 Å². The van der Waals surface area contributed by atoms with E-state index >= 15 is 4.39 Å². The summed E-state index contributed by atoms with van der Waals surface area (Å²) in [5, 5.41) is 0. The highest BCUT2D eigenvalue weighted by atomic mass is 32.2. The van der Waals surface area contributed by atoms with Gasteiger partial charge in [0.25, 0.3) is 0 Å². The molecule has 32 heavy (non-hydrogen) atoms. The van der Waals surface area contributed by atoms with Crippen LogP contribution in [0.3, 0.4) is 0 Å². The van der Waals surface area contributed by atoms with Crippen LogP contribution < -0.4 is 10.5 Å². The van der Waals surface area contributed by atoms with Gasteiger partial charge in [0.1, 0.15) is 27.5 Å². The van der Waals surface area contributed by atoms with Gasteiger partial charge in [-0.2, -0.15) is 0 Å². The van der Waals surface area contributed by atoms with E-state index < -0.39 is 26.1 Å². The highest BCUT2D eigenvalue weighted by Gasteiger charge is 2.70. The summed E-state index contributed by atoms with van der Waals surface area (Å²) in [6.07, 6.45) is 2.15. The molecule has 170 valence electrons. The first kappa shape index (κ1) is 22.2. The first-order valence-electron chi connectivity index (χ1n) is 10.1. The average molecular weight is 461 g/mol. The molecule has 1 aromatic carbocycles. The monoisotopic (exact) mass is 460 g/mol. The van der Waals surface area contributed by atoms with Gasteiger partial charge in [-0.05, 0) is 56.0 Å². The third-order valence-corrected chi connectivity index (χ3v) is 9.28. The van der Waals surface area contributed by atoms with Crippen molar-refractivity contribution < 1.29 is 22.3 Å². The third kappa shape index (κ3) is 3.08. The van der Waals surface area contributed by atoms with Crippen LogP contribution in [0.1, 0.15) is 46.9 Å². The van der Waals surface area contributed by atoms with Crippen molar-refractivity contribution in [3.05, 3.63) is 58.7 Å². The summed E-state index contributed by atoms with van der Waals surface area (Å²) < 4.78 is 46.1. The number of nitrogens with zero attached hydrogens (tertiary/aromatic N) is 3. The molecule has 0 saturated heterocycles. The van der Waals surface area contributed by atoms with Crippen molar-refractivity contribution in [2.45, 2.75) is 43.4 Å². The lowest BCUT2D eigenvalue weighted by Gasteiger charge is -2.42. The molecule has 2 aliphatic rings. The number of guanidine groups is 1. The standard InChI is InChI=1S/C22H25FN4O4S/c1-13-9-15(31-4)12-25-19(13)18(28)11-14-5-6-17(23)16(10-14)21(2)22(7-8-22)32(29,30)27(3)20(24)26-21/h5-6,9-10,12H,7-8,11H2,1-4H3,(H2,24,26)/t21-/m1/s1. The second-order valence-electron chi connectivity index (χ2n) is 8.46. The molecule has 10 heteroatoms. The van der Waals surface area contributed by atoms with Crippen LogP contribution in [0.5, 0.6) is 5.75 Å². The van der Waals surface area contributed by atoms with Crippen LogP contribution in [0.2, 0.25) is 0 Å². The van der Waals surface area contributed by atoms with Crippen molar-refractivity contribution in [2.75, 3.05) is 14.2 Å². The van der Waals surface area contributed by atoms with Gasteiger partial charge in [-0.3, -0.25) is 4.79 Å². The number of aryl methyl sites for hydroxylation is 1. The minimum Gasteiger partial charge on any atom is -0.495 e. The topological polar surface area (TPSA) is 115 Å². The zero-order chi connectivity index (χ0) is 23.5. The van der Waals surface area contributed by atoms with Crippen molar-refractivity contribution in [1.29, 1.82) is 0 Å². The smallest absolute Gasteiger partial charge is 0.245 e. The Labute approximate surface area is 186 Å². The van der Waals surface area contributed by atoms with E-state index in [0.717, 1.165) is 4.31 Å². The molecule has 2 aromatic rings. The molecular formula is C22H25FN4O4S. The lowest BCUT2D eigenvalue weighted by Crippen LogP contribution is -2.58. The SMILES string of the molecule is COc1cnc(C(=O)Cc2ccc(F)c([C@@]3(C)N=C(N)N(C)S(=O)(=O)C34CC4)c2)c(C)c1. The van der Waals surface area contributed by atoms with E-state index in [1.807, 2.05) is 0 Å². The Balaban J connectivity index is 1.73. The van der Waals surface area contributed by atoms with Crippen LogP contribution >= 0.6 is 0 Å². The van der Waals surface area contributed by atoms with E-state index in [9.17, 15) is 13.2 Å². The Morgan fingerprint density at radius 2 is 2.00 bits per heavy atom. The molecule has 1 spiro atoms. The largest absolute Gasteiger partial charge is 0.495 e. The fourth-order valence-corrected chi connectivity index (χ4v) is 6.57. The molecule has 0 amide bonds. The van der Waals surface area contributed by atoms with Crippen molar-refractivity contribution in [1.82, 2.24) is 9.29 Å². The minimum absolute atomic E-state index is 0.0254. The zero-order valence-electron chi connectivity index (χ0n) is 18.3. The molecule has 0 unspecified atom stereocenters. The minimum atomic E-state index is -3.82. The van der Waals surface area contributed by atoms with Gasteiger partial charge in [0.15, 0.2) is 5.78 Å². The molecule has 0 bridgehead atoms. The maximum Gasteiger partial charge on any atom is 0.245 e.